The molecule has 0 amide bonds. The van der Waals surface area contributed by atoms with Crippen LogP contribution in [0.5, 0.6) is 0 Å². The topological polar surface area (TPSA) is 96.1 Å². The highest BCUT2D eigenvalue weighted by Gasteiger charge is 2.12. The van der Waals surface area contributed by atoms with E-state index in [1.165, 1.54) is 6.33 Å². The van der Waals surface area contributed by atoms with E-state index in [9.17, 15) is 0 Å². The Morgan fingerprint density at radius 3 is 2.59 bits per heavy atom. The van der Waals surface area contributed by atoms with Crippen LogP contribution in [0.4, 0.5) is 0 Å². The van der Waals surface area contributed by atoms with Gasteiger partial charge in [-0.1, -0.05) is 16.8 Å². The second kappa shape index (κ2) is 5.68. The van der Waals surface area contributed by atoms with Gasteiger partial charge in [-0.15, -0.1) is 5.10 Å². The first-order chi connectivity index (χ1) is 10.7. The average molecular weight is 310 g/mol. The maximum atomic E-state index is 9.09. The van der Waals surface area contributed by atoms with Gasteiger partial charge in [0.2, 0.25) is 0 Å². The number of imidazole rings is 1. The lowest BCUT2D eigenvalue weighted by atomic mass is 10.3. The average Bonchev–Trinajstić information content (AvgIpc) is 3.15. The molecule has 2 heterocycles. The summed E-state index contributed by atoms with van der Waals surface area (Å²) in [6.07, 6.45) is 3.19. The van der Waals surface area contributed by atoms with Crippen LogP contribution in [0.15, 0.2) is 36.8 Å². The fourth-order valence-corrected chi connectivity index (χ4v) is 2.09. The molecule has 106 valence electrons. The molecule has 22 heavy (non-hydrogen) atoms. The normalized spacial score (nSPS) is 10.1. The first-order valence-corrected chi connectivity index (χ1v) is 6.61. The molecule has 0 aliphatic carbocycles. The molecular formula is C14H8ClN7. The lowest BCUT2D eigenvalue weighted by Gasteiger charge is -2.00. The summed E-state index contributed by atoms with van der Waals surface area (Å²) in [5.74, 6) is 0. The fraction of sp³-hybridized carbons (Fsp3) is 0.0714. The molecule has 0 atom stereocenters. The Bertz CT molecular complexity index is 893. The van der Waals surface area contributed by atoms with Gasteiger partial charge in [-0.3, -0.25) is 0 Å². The quantitative estimate of drug-likeness (QED) is 0.736. The van der Waals surface area contributed by atoms with Crippen LogP contribution in [0.25, 0.3) is 5.69 Å². The molecule has 3 rings (SSSR count). The fourth-order valence-electron chi connectivity index (χ4n) is 1.97. The third kappa shape index (κ3) is 2.53. The van der Waals surface area contributed by atoms with E-state index in [1.54, 1.807) is 27.6 Å². The second-order valence-corrected chi connectivity index (χ2v) is 4.86. The van der Waals surface area contributed by atoms with Gasteiger partial charge in [0.1, 0.15) is 17.8 Å². The SMILES string of the molecule is N#Cc1ncn(Cc2cn(-c3ccc(Cl)cc3)nn2)c1C#N. The van der Waals surface area contributed by atoms with Crippen LogP contribution < -0.4 is 0 Å². The van der Waals surface area contributed by atoms with Crippen molar-refractivity contribution in [3.05, 3.63) is 58.9 Å². The lowest BCUT2D eigenvalue weighted by Crippen LogP contribution is -2.02. The maximum Gasteiger partial charge on any atom is 0.176 e. The van der Waals surface area contributed by atoms with Crippen molar-refractivity contribution < 1.29 is 0 Å². The zero-order valence-corrected chi connectivity index (χ0v) is 11.9. The van der Waals surface area contributed by atoms with Crippen LogP contribution in [0.2, 0.25) is 5.02 Å². The molecule has 0 aliphatic rings. The molecule has 2 aromatic heterocycles. The molecule has 7 nitrogen and oxygen atoms in total. The molecular weight excluding hydrogens is 302 g/mol. The van der Waals surface area contributed by atoms with Gasteiger partial charge in [0, 0.05) is 5.02 Å². The summed E-state index contributed by atoms with van der Waals surface area (Å²) >= 11 is 5.85. The van der Waals surface area contributed by atoms with E-state index in [0.29, 0.717) is 17.3 Å². The number of hydrogen-bond acceptors (Lipinski definition) is 5. The molecule has 0 saturated heterocycles. The number of hydrogen-bond donors (Lipinski definition) is 0. The summed E-state index contributed by atoms with van der Waals surface area (Å²) in [6, 6.07) is 11.0. The monoisotopic (exact) mass is 309 g/mol. The zero-order chi connectivity index (χ0) is 15.5. The number of aromatic nitrogens is 5. The number of rotatable bonds is 3. The Kier molecular flexibility index (Phi) is 3.57. The summed E-state index contributed by atoms with van der Waals surface area (Å²) in [7, 11) is 0. The van der Waals surface area contributed by atoms with E-state index in [1.807, 2.05) is 24.3 Å². The minimum atomic E-state index is 0.104. The van der Waals surface area contributed by atoms with Crippen molar-refractivity contribution in [1.82, 2.24) is 24.5 Å². The predicted octanol–water partition coefficient (Wildman–Crippen LogP) is 1.91. The minimum Gasteiger partial charge on any atom is -0.315 e. The van der Waals surface area contributed by atoms with Gasteiger partial charge in [-0.2, -0.15) is 10.5 Å². The zero-order valence-electron chi connectivity index (χ0n) is 11.2. The molecule has 0 aliphatic heterocycles. The van der Waals surface area contributed by atoms with Crippen molar-refractivity contribution in [3.8, 4) is 17.8 Å². The van der Waals surface area contributed by atoms with E-state index in [0.717, 1.165) is 5.69 Å². The van der Waals surface area contributed by atoms with Crippen molar-refractivity contribution in [2.24, 2.45) is 0 Å². The molecule has 3 aromatic rings. The molecule has 0 unspecified atom stereocenters. The van der Waals surface area contributed by atoms with Gasteiger partial charge >= 0.3 is 0 Å². The number of benzene rings is 1. The maximum absolute atomic E-state index is 9.09. The first kappa shape index (κ1) is 13.8. The van der Waals surface area contributed by atoms with Gasteiger partial charge in [-0.05, 0) is 24.3 Å². The van der Waals surface area contributed by atoms with E-state index in [-0.39, 0.29) is 11.4 Å². The highest BCUT2D eigenvalue weighted by atomic mass is 35.5. The van der Waals surface area contributed by atoms with Crippen LogP contribution >= 0.6 is 11.6 Å². The van der Waals surface area contributed by atoms with Crippen molar-refractivity contribution >= 4 is 11.6 Å². The standard InChI is InChI=1S/C14H8ClN7/c15-10-1-3-12(4-2-10)22-8-11(19-20-22)7-21-9-18-13(5-16)14(21)6-17/h1-4,8-9H,7H2. The molecule has 0 radical (unpaired) electrons. The molecule has 0 bridgehead atoms. The van der Waals surface area contributed by atoms with Crippen molar-refractivity contribution in [1.29, 1.82) is 10.5 Å². The minimum absolute atomic E-state index is 0.104. The summed E-state index contributed by atoms with van der Waals surface area (Å²) in [5, 5.41) is 26.7. The molecule has 0 N–H and O–H groups in total. The van der Waals surface area contributed by atoms with Crippen LogP contribution in [-0.2, 0) is 6.54 Å². The molecule has 0 fully saturated rings. The number of nitriles is 2. The van der Waals surface area contributed by atoms with Crippen molar-refractivity contribution in [3.63, 3.8) is 0 Å². The van der Waals surface area contributed by atoms with E-state index < -0.39 is 0 Å². The van der Waals surface area contributed by atoms with E-state index in [4.69, 9.17) is 22.1 Å². The van der Waals surface area contributed by atoms with Gasteiger partial charge in [0.25, 0.3) is 0 Å². The molecule has 0 spiro atoms. The van der Waals surface area contributed by atoms with Gasteiger partial charge in [-0.25, -0.2) is 9.67 Å². The van der Waals surface area contributed by atoms with Crippen LogP contribution in [0.3, 0.4) is 0 Å². The van der Waals surface area contributed by atoms with Crippen LogP contribution in [-0.4, -0.2) is 24.5 Å². The summed E-state index contributed by atoms with van der Waals surface area (Å²) in [4.78, 5) is 3.89. The third-order valence-electron chi connectivity index (χ3n) is 3.01. The summed E-state index contributed by atoms with van der Waals surface area (Å²) in [6.45, 7) is 0.311. The molecule has 8 heteroatoms. The Hall–Kier alpha value is -3.16. The van der Waals surface area contributed by atoms with Crippen LogP contribution in [0, 0.1) is 22.7 Å². The van der Waals surface area contributed by atoms with Gasteiger partial charge in [0.15, 0.2) is 11.4 Å². The molecule has 0 saturated carbocycles. The van der Waals surface area contributed by atoms with Crippen LogP contribution in [0.1, 0.15) is 17.1 Å². The van der Waals surface area contributed by atoms with Crippen molar-refractivity contribution in [2.75, 3.05) is 0 Å². The Balaban J connectivity index is 1.86. The smallest absolute Gasteiger partial charge is 0.176 e. The highest BCUT2D eigenvalue weighted by molar-refractivity contribution is 6.30. The largest absolute Gasteiger partial charge is 0.315 e. The Morgan fingerprint density at radius 2 is 1.91 bits per heavy atom. The number of halogens is 1. The third-order valence-corrected chi connectivity index (χ3v) is 3.27. The Labute approximate surface area is 130 Å². The second-order valence-electron chi connectivity index (χ2n) is 4.42. The highest BCUT2D eigenvalue weighted by Crippen LogP contribution is 2.13. The van der Waals surface area contributed by atoms with Gasteiger partial charge in [0.05, 0.1) is 24.8 Å². The first-order valence-electron chi connectivity index (χ1n) is 6.24. The van der Waals surface area contributed by atoms with Gasteiger partial charge < -0.3 is 4.57 Å². The van der Waals surface area contributed by atoms with Crippen molar-refractivity contribution in [2.45, 2.75) is 6.54 Å². The summed E-state index contributed by atoms with van der Waals surface area (Å²) in [5.41, 5.74) is 1.79. The predicted molar refractivity (Wildman–Crippen MR) is 77.1 cm³/mol. The number of nitrogens with zero attached hydrogens (tertiary/aromatic N) is 7. The van der Waals surface area contributed by atoms with E-state index >= 15 is 0 Å². The summed E-state index contributed by atoms with van der Waals surface area (Å²) < 4.78 is 3.18. The lowest BCUT2D eigenvalue weighted by molar-refractivity contribution is 0.749. The van der Waals surface area contributed by atoms with E-state index in [2.05, 4.69) is 15.3 Å². The molecule has 1 aromatic carbocycles. The Morgan fingerprint density at radius 1 is 1.14 bits per heavy atom.